The Hall–Kier alpha value is -2.20. The molecule has 0 saturated carbocycles. The van der Waals surface area contributed by atoms with Gasteiger partial charge in [-0.05, 0) is 17.7 Å². The molecule has 0 aliphatic carbocycles. The molecule has 1 aromatic carbocycles. The van der Waals surface area contributed by atoms with Gasteiger partial charge in [0.25, 0.3) is 0 Å². The number of aromatic nitrogens is 2. The standard InChI is InChI=1S/C15H13N3S/c16-13-6-2-1-5-12(13)14-10-19-15(18-14)8-11-4-3-7-17-9-11/h1-7,9-10H,8,16H2. The summed E-state index contributed by atoms with van der Waals surface area (Å²) in [6, 6.07) is 11.8. The second-order valence-corrected chi connectivity index (χ2v) is 5.19. The van der Waals surface area contributed by atoms with Crippen molar-refractivity contribution in [3.8, 4) is 11.3 Å². The van der Waals surface area contributed by atoms with Gasteiger partial charge in [-0.1, -0.05) is 24.3 Å². The average Bonchev–Trinajstić information content (AvgIpc) is 2.89. The fourth-order valence-electron chi connectivity index (χ4n) is 1.92. The Bertz CT molecular complexity index is 677. The lowest BCUT2D eigenvalue weighted by molar-refractivity contribution is 1.11. The summed E-state index contributed by atoms with van der Waals surface area (Å²) in [4.78, 5) is 8.76. The molecule has 0 atom stereocenters. The summed E-state index contributed by atoms with van der Waals surface area (Å²) in [5.74, 6) is 0. The summed E-state index contributed by atoms with van der Waals surface area (Å²) in [7, 11) is 0. The molecule has 3 rings (SSSR count). The van der Waals surface area contributed by atoms with E-state index in [0.29, 0.717) is 0 Å². The summed E-state index contributed by atoms with van der Waals surface area (Å²) < 4.78 is 0. The van der Waals surface area contributed by atoms with Gasteiger partial charge in [0, 0.05) is 35.4 Å². The lowest BCUT2D eigenvalue weighted by Gasteiger charge is -2.00. The van der Waals surface area contributed by atoms with Crippen molar-refractivity contribution in [1.82, 2.24) is 9.97 Å². The van der Waals surface area contributed by atoms with Crippen molar-refractivity contribution in [2.75, 3.05) is 5.73 Å². The maximum Gasteiger partial charge on any atom is 0.0977 e. The fraction of sp³-hybridized carbons (Fsp3) is 0.0667. The van der Waals surface area contributed by atoms with E-state index in [0.717, 1.165) is 28.4 Å². The van der Waals surface area contributed by atoms with Gasteiger partial charge in [0.15, 0.2) is 0 Å². The van der Waals surface area contributed by atoms with Crippen molar-refractivity contribution in [1.29, 1.82) is 0 Å². The summed E-state index contributed by atoms with van der Waals surface area (Å²) in [6.07, 6.45) is 4.46. The Labute approximate surface area is 115 Å². The van der Waals surface area contributed by atoms with E-state index in [1.54, 1.807) is 17.5 Å². The van der Waals surface area contributed by atoms with Crippen LogP contribution in [0, 0.1) is 0 Å². The van der Waals surface area contributed by atoms with Crippen molar-refractivity contribution < 1.29 is 0 Å². The molecule has 0 aliphatic rings. The quantitative estimate of drug-likeness (QED) is 0.740. The van der Waals surface area contributed by atoms with E-state index in [1.807, 2.05) is 36.5 Å². The molecule has 0 amide bonds. The number of pyridine rings is 1. The van der Waals surface area contributed by atoms with E-state index in [-0.39, 0.29) is 0 Å². The Morgan fingerprint density at radius 3 is 2.79 bits per heavy atom. The zero-order valence-corrected chi connectivity index (χ0v) is 11.1. The number of nitrogens with zero attached hydrogens (tertiary/aromatic N) is 2. The highest BCUT2D eigenvalue weighted by atomic mass is 32.1. The highest BCUT2D eigenvalue weighted by Gasteiger charge is 2.07. The van der Waals surface area contributed by atoms with Gasteiger partial charge in [-0.25, -0.2) is 4.98 Å². The van der Waals surface area contributed by atoms with Gasteiger partial charge >= 0.3 is 0 Å². The van der Waals surface area contributed by atoms with Gasteiger partial charge < -0.3 is 5.73 Å². The maximum atomic E-state index is 5.97. The van der Waals surface area contributed by atoms with Crippen LogP contribution in [0.25, 0.3) is 11.3 Å². The van der Waals surface area contributed by atoms with Crippen LogP contribution < -0.4 is 5.73 Å². The molecule has 94 valence electrons. The third-order valence-corrected chi connectivity index (χ3v) is 3.72. The van der Waals surface area contributed by atoms with Gasteiger partial charge in [0.2, 0.25) is 0 Å². The number of hydrogen-bond acceptors (Lipinski definition) is 4. The zero-order valence-electron chi connectivity index (χ0n) is 10.3. The highest BCUT2D eigenvalue weighted by Crippen LogP contribution is 2.27. The van der Waals surface area contributed by atoms with E-state index in [4.69, 9.17) is 5.73 Å². The SMILES string of the molecule is Nc1ccccc1-c1csc(Cc2cccnc2)n1. The first-order valence-electron chi connectivity index (χ1n) is 6.01. The molecule has 0 spiro atoms. The van der Waals surface area contributed by atoms with Crippen LogP contribution in [0.4, 0.5) is 5.69 Å². The predicted molar refractivity (Wildman–Crippen MR) is 79.0 cm³/mol. The lowest BCUT2D eigenvalue weighted by Crippen LogP contribution is -1.91. The molecule has 0 fully saturated rings. The Morgan fingerprint density at radius 1 is 1.11 bits per heavy atom. The predicted octanol–water partition coefficient (Wildman–Crippen LogP) is 3.38. The lowest BCUT2D eigenvalue weighted by atomic mass is 10.1. The van der Waals surface area contributed by atoms with Gasteiger partial charge in [-0.3, -0.25) is 4.98 Å². The number of thiazole rings is 1. The van der Waals surface area contributed by atoms with Crippen molar-refractivity contribution in [3.05, 3.63) is 64.7 Å². The van der Waals surface area contributed by atoms with Crippen LogP contribution in [0.1, 0.15) is 10.6 Å². The first-order valence-corrected chi connectivity index (χ1v) is 6.89. The molecule has 19 heavy (non-hydrogen) atoms. The van der Waals surface area contributed by atoms with Crippen molar-refractivity contribution in [2.24, 2.45) is 0 Å². The van der Waals surface area contributed by atoms with E-state index >= 15 is 0 Å². The molecule has 3 nitrogen and oxygen atoms in total. The zero-order chi connectivity index (χ0) is 13.1. The van der Waals surface area contributed by atoms with Crippen LogP contribution in [-0.2, 0) is 6.42 Å². The highest BCUT2D eigenvalue weighted by molar-refractivity contribution is 7.10. The van der Waals surface area contributed by atoms with Crippen LogP contribution in [0.3, 0.4) is 0 Å². The normalized spacial score (nSPS) is 10.5. The molecule has 2 N–H and O–H groups in total. The summed E-state index contributed by atoms with van der Waals surface area (Å²) in [6.45, 7) is 0. The third kappa shape index (κ3) is 2.63. The van der Waals surface area contributed by atoms with E-state index in [1.165, 1.54) is 5.56 Å². The smallest absolute Gasteiger partial charge is 0.0977 e. The van der Waals surface area contributed by atoms with Crippen molar-refractivity contribution in [2.45, 2.75) is 6.42 Å². The first kappa shape index (κ1) is 11.9. The fourth-order valence-corrected chi connectivity index (χ4v) is 2.75. The van der Waals surface area contributed by atoms with Gasteiger partial charge in [0.05, 0.1) is 10.7 Å². The maximum absolute atomic E-state index is 5.97. The van der Waals surface area contributed by atoms with Crippen LogP contribution in [0.2, 0.25) is 0 Å². The minimum atomic E-state index is 0.765. The minimum Gasteiger partial charge on any atom is -0.398 e. The number of rotatable bonds is 3. The number of benzene rings is 1. The summed E-state index contributed by atoms with van der Waals surface area (Å²) in [5, 5.41) is 3.13. The Balaban J connectivity index is 1.86. The number of anilines is 1. The van der Waals surface area contributed by atoms with Crippen LogP contribution >= 0.6 is 11.3 Å². The number of nitrogens with two attached hydrogens (primary N) is 1. The molecule has 4 heteroatoms. The van der Waals surface area contributed by atoms with E-state index in [2.05, 4.69) is 21.4 Å². The number of nitrogen functional groups attached to an aromatic ring is 1. The Kier molecular flexibility index (Phi) is 3.25. The second kappa shape index (κ2) is 5.20. The van der Waals surface area contributed by atoms with Crippen molar-refractivity contribution in [3.63, 3.8) is 0 Å². The molecule has 2 heterocycles. The molecular weight excluding hydrogens is 254 g/mol. The monoisotopic (exact) mass is 267 g/mol. The van der Waals surface area contributed by atoms with Gasteiger partial charge in [0.1, 0.15) is 0 Å². The summed E-state index contributed by atoms with van der Waals surface area (Å²) in [5.41, 5.74) is 9.85. The molecular formula is C15H13N3S. The Morgan fingerprint density at radius 2 is 2.00 bits per heavy atom. The molecule has 0 saturated heterocycles. The molecule has 0 unspecified atom stereocenters. The van der Waals surface area contributed by atoms with Crippen LogP contribution in [0.5, 0.6) is 0 Å². The molecule has 0 bridgehead atoms. The average molecular weight is 267 g/mol. The van der Waals surface area contributed by atoms with E-state index in [9.17, 15) is 0 Å². The van der Waals surface area contributed by atoms with Crippen molar-refractivity contribution >= 4 is 17.0 Å². The molecule has 2 aromatic heterocycles. The molecule has 0 radical (unpaired) electrons. The minimum absolute atomic E-state index is 0.765. The number of para-hydroxylation sites is 1. The van der Waals surface area contributed by atoms with Gasteiger partial charge in [-0.15, -0.1) is 11.3 Å². The van der Waals surface area contributed by atoms with Crippen LogP contribution in [-0.4, -0.2) is 9.97 Å². The largest absolute Gasteiger partial charge is 0.398 e. The van der Waals surface area contributed by atoms with E-state index < -0.39 is 0 Å². The molecule has 0 aliphatic heterocycles. The second-order valence-electron chi connectivity index (χ2n) is 4.25. The summed E-state index contributed by atoms with van der Waals surface area (Å²) >= 11 is 1.65. The first-order chi connectivity index (χ1) is 9.33. The van der Waals surface area contributed by atoms with Crippen LogP contribution in [0.15, 0.2) is 54.2 Å². The topological polar surface area (TPSA) is 51.8 Å². The van der Waals surface area contributed by atoms with Gasteiger partial charge in [-0.2, -0.15) is 0 Å². The third-order valence-electron chi connectivity index (χ3n) is 2.87. The number of hydrogen-bond donors (Lipinski definition) is 1. The molecule has 3 aromatic rings.